The van der Waals surface area contributed by atoms with Gasteiger partial charge in [0, 0.05) is 24.2 Å². The summed E-state index contributed by atoms with van der Waals surface area (Å²) < 4.78 is 0. The Morgan fingerprint density at radius 3 is 1.58 bits per heavy atom. The minimum Gasteiger partial charge on any atom is -0.334 e. The van der Waals surface area contributed by atoms with Crippen molar-refractivity contribution in [2.24, 2.45) is 0 Å². The van der Waals surface area contributed by atoms with Gasteiger partial charge in [-0.3, -0.25) is 9.59 Å². The molecule has 0 aliphatic rings. The Hall–Kier alpha value is -1.84. The van der Waals surface area contributed by atoms with E-state index in [4.69, 9.17) is 0 Å². The molecule has 0 bridgehead atoms. The fourth-order valence-corrected chi connectivity index (χ4v) is 3.72. The quantitative estimate of drug-likeness (QED) is 0.703. The minimum absolute atomic E-state index is 0.0525. The van der Waals surface area contributed by atoms with Crippen molar-refractivity contribution >= 4 is 11.8 Å². The molecule has 0 N–H and O–H groups in total. The molecule has 1 aromatic rings. The van der Waals surface area contributed by atoms with Crippen LogP contribution in [0.4, 0.5) is 0 Å². The third-order valence-electron chi connectivity index (χ3n) is 4.67. The summed E-state index contributed by atoms with van der Waals surface area (Å²) in [6, 6.07) is 5.92. The third kappa shape index (κ3) is 4.66. The monoisotopic (exact) mass is 360 g/mol. The van der Waals surface area contributed by atoms with E-state index in [2.05, 4.69) is 0 Å². The van der Waals surface area contributed by atoms with Crippen LogP contribution in [0.5, 0.6) is 0 Å². The summed E-state index contributed by atoms with van der Waals surface area (Å²) in [4.78, 5) is 30.5. The van der Waals surface area contributed by atoms with Crippen LogP contribution in [-0.2, 0) is 6.42 Å². The van der Waals surface area contributed by atoms with Gasteiger partial charge in [0.05, 0.1) is 11.1 Å². The summed E-state index contributed by atoms with van der Waals surface area (Å²) in [7, 11) is 0. The summed E-state index contributed by atoms with van der Waals surface area (Å²) in [5.74, 6) is -0.121. The fraction of sp³-hybridized carbons (Fsp3) is 0.636. The molecule has 0 unspecified atom stereocenters. The summed E-state index contributed by atoms with van der Waals surface area (Å²) >= 11 is 0. The highest BCUT2D eigenvalue weighted by atomic mass is 16.2. The zero-order valence-electron chi connectivity index (χ0n) is 18.0. The Kier molecular flexibility index (Phi) is 7.86. The van der Waals surface area contributed by atoms with Gasteiger partial charge >= 0.3 is 0 Å². The van der Waals surface area contributed by atoms with Crippen molar-refractivity contribution in [1.29, 1.82) is 0 Å². The molecule has 0 aromatic heterocycles. The topological polar surface area (TPSA) is 40.6 Å². The van der Waals surface area contributed by atoms with E-state index in [-0.39, 0.29) is 36.0 Å². The van der Waals surface area contributed by atoms with E-state index in [0.29, 0.717) is 11.1 Å². The summed E-state index contributed by atoms with van der Waals surface area (Å²) in [5, 5.41) is 0. The number of rotatable bonds is 7. The van der Waals surface area contributed by atoms with Gasteiger partial charge in [-0.2, -0.15) is 0 Å². The average Bonchev–Trinajstić information content (AvgIpc) is 2.52. The highest BCUT2D eigenvalue weighted by Gasteiger charge is 2.30. The second kappa shape index (κ2) is 9.20. The van der Waals surface area contributed by atoms with Gasteiger partial charge < -0.3 is 9.80 Å². The lowest BCUT2D eigenvalue weighted by Gasteiger charge is -2.34. The summed E-state index contributed by atoms with van der Waals surface area (Å²) in [6.45, 7) is 18.1. The first-order valence-electron chi connectivity index (χ1n) is 9.81. The maximum atomic E-state index is 13.5. The van der Waals surface area contributed by atoms with Crippen LogP contribution >= 0.6 is 0 Å². The lowest BCUT2D eigenvalue weighted by atomic mass is 9.95. The van der Waals surface area contributed by atoms with Crippen molar-refractivity contribution in [2.45, 2.75) is 92.9 Å². The lowest BCUT2D eigenvalue weighted by molar-refractivity contribution is 0.0600. The summed E-state index contributed by atoms with van der Waals surface area (Å²) in [6.07, 6.45) is 0.718. The van der Waals surface area contributed by atoms with Crippen molar-refractivity contribution in [2.75, 3.05) is 0 Å². The summed E-state index contributed by atoms with van der Waals surface area (Å²) in [5.41, 5.74) is 2.01. The van der Waals surface area contributed by atoms with Crippen molar-refractivity contribution in [3.05, 3.63) is 34.9 Å². The number of carbonyl (C=O) groups is 2. The zero-order chi connectivity index (χ0) is 20.2. The van der Waals surface area contributed by atoms with Crippen molar-refractivity contribution in [3.8, 4) is 0 Å². The largest absolute Gasteiger partial charge is 0.334 e. The van der Waals surface area contributed by atoms with Crippen LogP contribution in [0.3, 0.4) is 0 Å². The number of nitrogens with zero attached hydrogens (tertiary/aromatic N) is 2. The van der Waals surface area contributed by atoms with Crippen molar-refractivity contribution in [1.82, 2.24) is 9.80 Å². The molecule has 0 atom stereocenters. The van der Waals surface area contributed by atoms with Gasteiger partial charge in [-0.15, -0.1) is 0 Å². The van der Waals surface area contributed by atoms with Gasteiger partial charge in [0.15, 0.2) is 0 Å². The Bertz CT molecular complexity index is 617. The Balaban J connectivity index is 3.57. The second-order valence-electron chi connectivity index (χ2n) is 7.99. The molecular weight excluding hydrogens is 324 g/mol. The highest BCUT2D eigenvalue weighted by molar-refractivity contribution is 6.08. The average molecular weight is 361 g/mol. The van der Waals surface area contributed by atoms with Crippen LogP contribution in [0.25, 0.3) is 0 Å². The van der Waals surface area contributed by atoms with Gasteiger partial charge in [-0.1, -0.05) is 19.1 Å². The van der Waals surface area contributed by atoms with E-state index in [0.717, 1.165) is 12.0 Å². The molecule has 1 aromatic carbocycles. The molecular formula is C22H36N2O2. The van der Waals surface area contributed by atoms with Crippen LogP contribution in [-0.4, -0.2) is 45.8 Å². The lowest BCUT2D eigenvalue weighted by Crippen LogP contribution is -2.45. The molecule has 26 heavy (non-hydrogen) atoms. The minimum atomic E-state index is -0.0684. The van der Waals surface area contributed by atoms with Crippen LogP contribution in [0.15, 0.2) is 18.2 Å². The number of carbonyl (C=O) groups excluding carboxylic acids is 2. The van der Waals surface area contributed by atoms with Crippen LogP contribution in [0.2, 0.25) is 0 Å². The van der Waals surface area contributed by atoms with Gasteiger partial charge in [-0.05, 0) is 73.4 Å². The molecule has 0 spiro atoms. The SMILES string of the molecule is CCc1cccc(C(=O)N(C(C)C)C(C)C)c1C(=O)N(C(C)C)C(C)C. The van der Waals surface area contributed by atoms with Crippen molar-refractivity contribution in [3.63, 3.8) is 0 Å². The fourth-order valence-electron chi connectivity index (χ4n) is 3.72. The number of aryl methyl sites for hydroxylation is 1. The van der Waals surface area contributed by atoms with Gasteiger partial charge in [-0.25, -0.2) is 0 Å². The molecule has 0 aliphatic carbocycles. The molecule has 0 aliphatic heterocycles. The molecule has 4 heteroatoms. The first kappa shape index (κ1) is 22.2. The zero-order valence-corrected chi connectivity index (χ0v) is 18.0. The molecule has 1 rings (SSSR count). The van der Waals surface area contributed by atoms with Gasteiger partial charge in [0.1, 0.15) is 0 Å². The van der Waals surface area contributed by atoms with Gasteiger partial charge in [0.25, 0.3) is 11.8 Å². The molecule has 0 saturated heterocycles. The molecule has 2 amide bonds. The second-order valence-corrected chi connectivity index (χ2v) is 7.99. The van der Waals surface area contributed by atoms with Crippen LogP contribution in [0.1, 0.15) is 88.6 Å². The van der Waals surface area contributed by atoms with E-state index in [1.165, 1.54) is 0 Å². The molecule has 0 radical (unpaired) electrons. The van der Waals surface area contributed by atoms with E-state index in [1.54, 1.807) is 6.07 Å². The van der Waals surface area contributed by atoms with Gasteiger partial charge in [0.2, 0.25) is 0 Å². The smallest absolute Gasteiger partial charge is 0.255 e. The normalized spacial score (nSPS) is 11.6. The Morgan fingerprint density at radius 2 is 1.19 bits per heavy atom. The number of hydrogen-bond acceptors (Lipinski definition) is 2. The molecule has 4 nitrogen and oxygen atoms in total. The Labute approximate surface area is 159 Å². The van der Waals surface area contributed by atoms with Crippen molar-refractivity contribution < 1.29 is 9.59 Å². The standard InChI is InChI=1S/C22H36N2O2/c1-10-18-12-11-13-19(21(25)23(14(2)3)15(4)5)20(18)22(26)24(16(6)7)17(8)9/h11-17H,10H2,1-9H3. The first-order chi connectivity index (χ1) is 12.0. The van der Waals surface area contributed by atoms with Crippen LogP contribution < -0.4 is 0 Å². The maximum Gasteiger partial charge on any atom is 0.255 e. The predicted octanol–water partition coefficient (Wildman–Crippen LogP) is 4.77. The first-order valence-corrected chi connectivity index (χ1v) is 9.81. The number of amides is 2. The highest BCUT2D eigenvalue weighted by Crippen LogP contribution is 2.24. The molecule has 0 heterocycles. The number of hydrogen-bond donors (Lipinski definition) is 0. The maximum absolute atomic E-state index is 13.5. The predicted molar refractivity (Wildman–Crippen MR) is 109 cm³/mol. The van der Waals surface area contributed by atoms with E-state index < -0.39 is 0 Å². The van der Waals surface area contributed by atoms with E-state index >= 15 is 0 Å². The molecule has 146 valence electrons. The third-order valence-corrected chi connectivity index (χ3v) is 4.67. The molecule has 0 fully saturated rings. The van der Waals surface area contributed by atoms with E-state index in [9.17, 15) is 9.59 Å². The van der Waals surface area contributed by atoms with Crippen LogP contribution in [0, 0.1) is 0 Å². The Morgan fingerprint density at radius 1 is 0.769 bits per heavy atom. The molecule has 0 saturated carbocycles. The number of benzene rings is 1. The van der Waals surface area contributed by atoms with E-state index in [1.807, 2.05) is 84.2 Å².